The third kappa shape index (κ3) is 7.86. The zero-order chi connectivity index (χ0) is 29.4. The number of amides is 2. The van der Waals surface area contributed by atoms with Crippen LogP contribution in [0.2, 0.25) is 5.02 Å². The molecule has 0 heterocycles. The molecule has 0 aliphatic carbocycles. The van der Waals surface area contributed by atoms with Crippen molar-refractivity contribution in [3.63, 3.8) is 0 Å². The molecule has 2 amide bonds. The Morgan fingerprint density at radius 3 is 2.10 bits per heavy atom. The minimum Gasteiger partial charge on any atom is -0.354 e. The summed E-state index contributed by atoms with van der Waals surface area (Å²) in [5, 5.41) is 3.39. The van der Waals surface area contributed by atoms with Crippen LogP contribution in [0.3, 0.4) is 0 Å². The molecule has 40 heavy (non-hydrogen) atoms. The van der Waals surface area contributed by atoms with E-state index in [0.29, 0.717) is 29.2 Å². The van der Waals surface area contributed by atoms with Gasteiger partial charge in [-0.3, -0.25) is 13.9 Å². The first kappa shape index (κ1) is 31.2. The lowest BCUT2D eigenvalue weighted by Crippen LogP contribution is -2.52. The molecule has 0 aliphatic rings. The predicted molar refractivity (Wildman–Crippen MR) is 161 cm³/mol. The minimum absolute atomic E-state index is 0.0538. The van der Waals surface area contributed by atoms with Gasteiger partial charge in [-0.2, -0.15) is 0 Å². The number of carbonyl (C=O) groups is 2. The summed E-state index contributed by atoms with van der Waals surface area (Å²) >= 11 is 6.45. The average molecular weight is 584 g/mol. The van der Waals surface area contributed by atoms with E-state index in [4.69, 9.17) is 11.6 Å². The van der Waals surface area contributed by atoms with E-state index in [9.17, 15) is 18.0 Å². The predicted octanol–water partition coefficient (Wildman–Crippen LogP) is 5.73. The van der Waals surface area contributed by atoms with Gasteiger partial charge in [-0.15, -0.1) is 0 Å². The van der Waals surface area contributed by atoms with Crippen molar-refractivity contribution in [1.29, 1.82) is 0 Å². The fraction of sp³-hybridized carbons (Fsp3) is 0.355. The Hall–Kier alpha value is -3.36. The maximum Gasteiger partial charge on any atom is 0.264 e. The first-order chi connectivity index (χ1) is 18.9. The molecular formula is C31H38ClN3O4S. The van der Waals surface area contributed by atoms with E-state index in [1.54, 1.807) is 48.5 Å². The Morgan fingerprint density at radius 1 is 0.925 bits per heavy atom. The van der Waals surface area contributed by atoms with E-state index in [2.05, 4.69) is 5.32 Å². The Labute approximate surface area is 243 Å². The second kappa shape index (κ2) is 13.8. The van der Waals surface area contributed by atoms with E-state index in [1.807, 2.05) is 46.8 Å². The maximum atomic E-state index is 14.1. The van der Waals surface area contributed by atoms with E-state index in [0.717, 1.165) is 15.4 Å². The summed E-state index contributed by atoms with van der Waals surface area (Å²) in [6.45, 7) is 9.59. The molecule has 3 aromatic rings. The zero-order valence-corrected chi connectivity index (χ0v) is 25.3. The second-order valence-corrected chi connectivity index (χ2v) is 12.6. The van der Waals surface area contributed by atoms with Gasteiger partial charge in [-0.05, 0) is 73.2 Å². The molecule has 0 fully saturated rings. The SMILES string of the molecule is CCC(C(=O)NCC(C)C)N(Cc1ccccc1Cl)C(=O)CN(c1cc(C)cc(C)c1)S(=O)(=O)c1ccccc1. The van der Waals surface area contributed by atoms with Gasteiger partial charge in [0, 0.05) is 18.1 Å². The third-order valence-electron chi connectivity index (χ3n) is 6.47. The maximum absolute atomic E-state index is 14.1. The lowest BCUT2D eigenvalue weighted by Gasteiger charge is -2.33. The molecule has 0 aromatic heterocycles. The first-order valence-electron chi connectivity index (χ1n) is 13.4. The number of rotatable bonds is 12. The normalized spacial score (nSPS) is 12.2. The van der Waals surface area contributed by atoms with Crippen LogP contribution >= 0.6 is 11.6 Å². The van der Waals surface area contributed by atoms with Crippen molar-refractivity contribution >= 4 is 39.1 Å². The van der Waals surface area contributed by atoms with Gasteiger partial charge in [-0.25, -0.2) is 8.42 Å². The monoisotopic (exact) mass is 583 g/mol. The molecule has 3 aromatic carbocycles. The summed E-state index contributed by atoms with van der Waals surface area (Å²) in [4.78, 5) is 28.9. The number of halogens is 1. The van der Waals surface area contributed by atoms with Gasteiger partial charge in [0.05, 0.1) is 10.6 Å². The van der Waals surface area contributed by atoms with Gasteiger partial charge in [0.1, 0.15) is 12.6 Å². The number of sulfonamides is 1. The lowest BCUT2D eigenvalue weighted by atomic mass is 10.1. The summed E-state index contributed by atoms with van der Waals surface area (Å²) in [6, 6.07) is 19.8. The molecule has 1 unspecified atom stereocenters. The van der Waals surface area contributed by atoms with Gasteiger partial charge >= 0.3 is 0 Å². The summed E-state index contributed by atoms with van der Waals surface area (Å²) in [6.07, 6.45) is 0.342. The largest absolute Gasteiger partial charge is 0.354 e. The molecule has 3 rings (SSSR count). The number of carbonyl (C=O) groups excluding carboxylic acids is 2. The van der Waals surface area contributed by atoms with Gasteiger partial charge in [0.15, 0.2) is 0 Å². The van der Waals surface area contributed by atoms with Crippen molar-refractivity contribution in [2.24, 2.45) is 5.92 Å². The average Bonchev–Trinajstić information content (AvgIpc) is 2.91. The topological polar surface area (TPSA) is 86.8 Å². The Kier molecular flexibility index (Phi) is 10.8. The highest BCUT2D eigenvalue weighted by Crippen LogP contribution is 2.27. The van der Waals surface area contributed by atoms with Crippen LogP contribution in [0, 0.1) is 19.8 Å². The lowest BCUT2D eigenvalue weighted by molar-refractivity contribution is -0.140. The van der Waals surface area contributed by atoms with Crippen molar-refractivity contribution in [2.75, 3.05) is 17.4 Å². The van der Waals surface area contributed by atoms with Crippen molar-refractivity contribution in [1.82, 2.24) is 10.2 Å². The molecule has 0 aliphatic heterocycles. The van der Waals surface area contributed by atoms with E-state index in [1.165, 1.54) is 17.0 Å². The third-order valence-corrected chi connectivity index (χ3v) is 8.63. The van der Waals surface area contributed by atoms with Gasteiger partial charge in [0.2, 0.25) is 11.8 Å². The van der Waals surface area contributed by atoms with Gasteiger partial charge in [0.25, 0.3) is 10.0 Å². The Balaban J connectivity index is 2.08. The molecule has 0 spiro atoms. The van der Waals surface area contributed by atoms with Crippen molar-refractivity contribution in [3.8, 4) is 0 Å². The van der Waals surface area contributed by atoms with Crippen LogP contribution in [0.5, 0.6) is 0 Å². The highest BCUT2D eigenvalue weighted by atomic mass is 35.5. The molecule has 7 nitrogen and oxygen atoms in total. The second-order valence-electron chi connectivity index (χ2n) is 10.3. The van der Waals surface area contributed by atoms with Crippen LogP contribution in [0.4, 0.5) is 5.69 Å². The van der Waals surface area contributed by atoms with Crippen molar-refractivity contribution in [2.45, 2.75) is 58.5 Å². The molecule has 1 atom stereocenters. The summed E-state index contributed by atoms with van der Waals surface area (Å²) in [5.74, 6) is -0.573. The summed E-state index contributed by atoms with van der Waals surface area (Å²) in [5.41, 5.74) is 2.77. The van der Waals surface area contributed by atoms with Crippen LogP contribution in [-0.2, 0) is 26.2 Å². The summed E-state index contributed by atoms with van der Waals surface area (Å²) < 4.78 is 29.0. The molecular weight excluding hydrogens is 546 g/mol. The Bertz CT molecular complexity index is 1410. The van der Waals surface area contributed by atoms with Crippen LogP contribution in [-0.4, -0.2) is 44.3 Å². The molecule has 1 N–H and O–H groups in total. The first-order valence-corrected chi connectivity index (χ1v) is 15.2. The quantitative estimate of drug-likeness (QED) is 0.295. The Morgan fingerprint density at radius 2 is 1.52 bits per heavy atom. The van der Waals surface area contributed by atoms with Gasteiger partial charge in [-0.1, -0.05) is 74.8 Å². The fourth-order valence-electron chi connectivity index (χ4n) is 4.50. The van der Waals surface area contributed by atoms with Crippen LogP contribution < -0.4 is 9.62 Å². The van der Waals surface area contributed by atoms with Gasteiger partial charge < -0.3 is 10.2 Å². The van der Waals surface area contributed by atoms with Crippen LogP contribution in [0.25, 0.3) is 0 Å². The molecule has 0 radical (unpaired) electrons. The van der Waals surface area contributed by atoms with E-state index in [-0.39, 0.29) is 23.3 Å². The number of anilines is 1. The number of nitrogens with zero attached hydrogens (tertiary/aromatic N) is 2. The highest BCUT2D eigenvalue weighted by molar-refractivity contribution is 7.92. The number of nitrogens with one attached hydrogen (secondary N) is 1. The number of hydrogen-bond acceptors (Lipinski definition) is 4. The fourth-order valence-corrected chi connectivity index (χ4v) is 6.11. The van der Waals surface area contributed by atoms with E-state index < -0.39 is 28.5 Å². The van der Waals surface area contributed by atoms with E-state index >= 15 is 0 Å². The summed E-state index contributed by atoms with van der Waals surface area (Å²) in [7, 11) is -4.11. The highest BCUT2D eigenvalue weighted by Gasteiger charge is 2.34. The smallest absolute Gasteiger partial charge is 0.264 e. The standard InChI is InChI=1S/C31H38ClN3O4S/c1-6-29(31(37)33-19-22(2)3)34(20-25-12-10-11-15-28(25)32)30(36)21-35(26-17-23(4)16-24(5)18-26)40(38,39)27-13-8-7-9-14-27/h7-18,22,29H,6,19-21H2,1-5H3,(H,33,37). The van der Waals surface area contributed by atoms with Crippen molar-refractivity contribution < 1.29 is 18.0 Å². The number of benzene rings is 3. The van der Waals surface area contributed by atoms with Crippen LogP contribution in [0.15, 0.2) is 77.7 Å². The zero-order valence-electron chi connectivity index (χ0n) is 23.7. The number of aryl methyl sites for hydroxylation is 2. The molecule has 0 saturated heterocycles. The number of hydrogen-bond donors (Lipinski definition) is 1. The molecule has 0 bridgehead atoms. The van der Waals surface area contributed by atoms with Crippen molar-refractivity contribution in [3.05, 3.63) is 94.5 Å². The van der Waals surface area contributed by atoms with Crippen LogP contribution in [0.1, 0.15) is 43.9 Å². The minimum atomic E-state index is -4.11. The molecule has 9 heteroatoms. The molecule has 214 valence electrons. The molecule has 0 saturated carbocycles.